The highest BCUT2D eigenvalue weighted by Crippen LogP contribution is 2.28. The molecule has 0 bridgehead atoms. The molecule has 0 N–H and O–H groups in total. The Morgan fingerprint density at radius 2 is 1.68 bits per heavy atom. The third-order valence-corrected chi connectivity index (χ3v) is 1.81. The first-order chi connectivity index (χ1) is 7.99. The fourth-order valence-corrected chi connectivity index (χ4v) is 1.22. The molecule has 13 heteroatoms. The molecule has 0 aliphatic rings. The highest BCUT2D eigenvalue weighted by molar-refractivity contribution is 6.42. The van der Waals surface area contributed by atoms with Crippen LogP contribution >= 0.6 is 0 Å². The highest BCUT2D eigenvalue weighted by Gasteiger charge is 2.49. The molecule has 1 aromatic heterocycles. The number of halogens is 6. The molecule has 5 nitrogen and oxygen atoms in total. The van der Waals surface area contributed by atoms with Gasteiger partial charge in [0.15, 0.2) is 0 Å². The van der Waals surface area contributed by atoms with Gasteiger partial charge in [-0.15, -0.1) is 0 Å². The molecule has 0 unspecified atom stereocenters. The van der Waals surface area contributed by atoms with E-state index >= 15 is 0 Å². The summed E-state index contributed by atoms with van der Waals surface area (Å²) in [6.07, 6.45) is 0. The summed E-state index contributed by atoms with van der Waals surface area (Å²) < 4.78 is 49.9. The van der Waals surface area contributed by atoms with Crippen LogP contribution in [-0.2, 0) is 0 Å². The Hall–Kier alpha value is -2.61. The molecule has 0 spiro atoms. The molecule has 0 aromatic carbocycles. The summed E-state index contributed by atoms with van der Waals surface area (Å²) in [6, 6.07) is 1.14. The summed E-state index contributed by atoms with van der Waals surface area (Å²) >= 11 is 0. The summed E-state index contributed by atoms with van der Waals surface area (Å²) in [5.74, 6) is -3.09. The fourth-order valence-electron chi connectivity index (χ4n) is 1.22. The SMILES string of the molecule is [C-]#[N+]c1c([N+]#[C-])[n+](B(F)F)c(C#N)n1B(F)F.[F-].[F-]. The van der Waals surface area contributed by atoms with E-state index in [2.05, 4.69) is 9.69 Å². The summed E-state index contributed by atoms with van der Waals surface area (Å²) in [5, 5.41) is 8.56. The van der Waals surface area contributed by atoms with E-state index in [0.717, 1.165) is 6.07 Å². The van der Waals surface area contributed by atoms with E-state index in [4.69, 9.17) is 18.4 Å². The summed E-state index contributed by atoms with van der Waals surface area (Å²) in [4.78, 5) is 5.18. The van der Waals surface area contributed by atoms with E-state index in [-0.39, 0.29) is 18.4 Å². The molecule has 1 rings (SSSR count). The van der Waals surface area contributed by atoms with Crippen molar-refractivity contribution in [1.29, 1.82) is 5.26 Å². The minimum Gasteiger partial charge on any atom is -1.00 e. The number of imidazole rings is 1. The maximum atomic E-state index is 12.6. The lowest BCUT2D eigenvalue weighted by atomic mass is 10.2. The first-order valence-corrected chi connectivity index (χ1v) is 3.90. The lowest BCUT2D eigenvalue weighted by Crippen LogP contribution is -3.00. The van der Waals surface area contributed by atoms with Crippen molar-refractivity contribution in [3.8, 4) is 6.07 Å². The zero-order valence-corrected chi connectivity index (χ0v) is 8.66. The van der Waals surface area contributed by atoms with Gasteiger partial charge >= 0.3 is 26.4 Å². The van der Waals surface area contributed by atoms with Gasteiger partial charge in [0, 0.05) is 0 Å². The van der Waals surface area contributed by atoms with Crippen molar-refractivity contribution < 1.29 is 31.1 Å². The maximum absolute atomic E-state index is 12.6. The van der Waals surface area contributed by atoms with Gasteiger partial charge in [-0.2, -0.15) is 14.6 Å². The van der Waals surface area contributed by atoms with E-state index in [1.165, 1.54) is 0 Å². The minimum atomic E-state index is -3.35. The molecular weight excluding hydrogens is 278 g/mol. The number of rotatable bonds is 2. The van der Waals surface area contributed by atoms with Gasteiger partial charge in [0.25, 0.3) is 5.82 Å². The fraction of sp³-hybridized carbons (Fsp3) is 0. The minimum absolute atomic E-state index is 0. The summed E-state index contributed by atoms with van der Waals surface area (Å²) in [5.41, 5.74) is 0. The average Bonchev–Trinajstić information content (AvgIpc) is 2.61. The average molecular weight is 278 g/mol. The Labute approximate surface area is 103 Å². The largest absolute Gasteiger partial charge is 1.00 e. The molecule has 0 radical (unpaired) electrons. The summed E-state index contributed by atoms with van der Waals surface area (Å²) in [6.45, 7) is 13.2. The molecule has 0 aliphatic carbocycles. The second-order valence-electron chi connectivity index (χ2n) is 2.60. The van der Waals surface area contributed by atoms with Crippen LogP contribution in [0.25, 0.3) is 9.69 Å². The normalized spacial score (nSPS) is 8.05. The Morgan fingerprint density at radius 1 is 1.16 bits per heavy atom. The molecule has 1 heterocycles. The lowest BCUT2D eigenvalue weighted by Gasteiger charge is -1.91. The predicted molar refractivity (Wildman–Crippen MR) is 48.6 cm³/mol. The van der Waals surface area contributed by atoms with Gasteiger partial charge in [-0.1, -0.05) is 6.57 Å². The van der Waals surface area contributed by atoms with Crippen molar-refractivity contribution in [3.63, 3.8) is 0 Å². The zero-order chi connectivity index (χ0) is 13.2. The van der Waals surface area contributed by atoms with Crippen LogP contribution in [0.15, 0.2) is 0 Å². The van der Waals surface area contributed by atoms with Crippen LogP contribution in [-0.4, -0.2) is 19.3 Å². The van der Waals surface area contributed by atoms with Crippen LogP contribution < -0.4 is 13.9 Å². The van der Waals surface area contributed by atoms with E-state index < -0.39 is 32.3 Å². The Bertz CT molecular complexity index is 535. The molecule has 1 aromatic rings. The molecule has 19 heavy (non-hydrogen) atoms. The van der Waals surface area contributed by atoms with Crippen LogP contribution in [0.2, 0.25) is 0 Å². The second kappa shape index (κ2) is 6.97. The third kappa shape index (κ3) is 2.80. The van der Waals surface area contributed by atoms with Gasteiger partial charge in [-0.3, -0.25) is 0 Å². The molecule has 0 fully saturated rings. The van der Waals surface area contributed by atoms with Crippen molar-refractivity contribution in [2.75, 3.05) is 0 Å². The second-order valence-corrected chi connectivity index (χ2v) is 2.60. The third-order valence-electron chi connectivity index (χ3n) is 1.81. The lowest BCUT2D eigenvalue weighted by molar-refractivity contribution is -0.539. The van der Waals surface area contributed by atoms with Crippen LogP contribution in [0.5, 0.6) is 0 Å². The summed E-state index contributed by atoms with van der Waals surface area (Å²) in [7, 11) is -6.71. The number of nitriles is 1. The smallest absolute Gasteiger partial charge is 0.925 e. The maximum Gasteiger partial charge on any atom is 0.925 e. The molecule has 0 aliphatic heterocycles. The molecule has 98 valence electrons. The van der Waals surface area contributed by atoms with Crippen molar-refractivity contribution in [1.82, 2.24) is 4.48 Å². The van der Waals surface area contributed by atoms with E-state index in [1.54, 1.807) is 0 Å². The van der Waals surface area contributed by atoms with E-state index in [1.807, 2.05) is 0 Å². The van der Waals surface area contributed by atoms with Crippen LogP contribution in [0.1, 0.15) is 5.82 Å². The van der Waals surface area contributed by atoms with E-state index in [9.17, 15) is 17.3 Å². The van der Waals surface area contributed by atoms with Crippen LogP contribution in [0, 0.1) is 24.5 Å². The number of nitrogens with zero attached hydrogens (tertiary/aromatic N) is 5. The Balaban J connectivity index is 0. The molecule has 0 amide bonds. The van der Waals surface area contributed by atoms with Crippen molar-refractivity contribution in [2.45, 2.75) is 0 Å². The standard InChI is InChI=1S/C6B2F4N5.2FH/c1-14-5-6(15-2)17(8(11)12)4(3-13)16(5)7(9)10;;/h;2*1H/q+1;;/p-2. The predicted octanol–water partition coefficient (Wildman–Crippen LogP) is -4.70. The van der Waals surface area contributed by atoms with Gasteiger partial charge in [-0.25, -0.2) is 21.7 Å². The van der Waals surface area contributed by atoms with Crippen LogP contribution in [0.4, 0.5) is 28.9 Å². The molecule has 0 atom stereocenters. The van der Waals surface area contributed by atoms with E-state index in [0.29, 0.717) is 0 Å². The van der Waals surface area contributed by atoms with Crippen molar-refractivity contribution in [2.24, 2.45) is 0 Å². The number of aromatic nitrogens is 2. The van der Waals surface area contributed by atoms with Gasteiger partial charge in [-0.05, 0) is 0 Å². The quantitative estimate of drug-likeness (QED) is 0.304. The molecule has 0 saturated heterocycles. The first kappa shape index (κ1) is 18.7. The zero-order valence-electron chi connectivity index (χ0n) is 8.66. The van der Waals surface area contributed by atoms with Gasteiger partial charge in [0.1, 0.15) is 0 Å². The molecular formula is C6B2F6N5-. The van der Waals surface area contributed by atoms with Crippen molar-refractivity contribution >= 4 is 26.4 Å². The van der Waals surface area contributed by atoms with Crippen molar-refractivity contribution in [3.05, 3.63) is 28.7 Å². The van der Waals surface area contributed by atoms with Crippen LogP contribution in [0.3, 0.4) is 0 Å². The number of hydrogen-bond acceptors (Lipinski definition) is 1. The topological polar surface area (TPSA) is 41.3 Å². The number of hydrogen-bond donors (Lipinski definition) is 0. The van der Waals surface area contributed by atoms with Gasteiger partial charge < -0.3 is 14.3 Å². The monoisotopic (exact) mass is 278 g/mol. The van der Waals surface area contributed by atoms with Gasteiger partial charge in [0.05, 0.1) is 6.57 Å². The Kier molecular flexibility index (Phi) is 6.87. The highest BCUT2D eigenvalue weighted by atomic mass is 19.2. The molecule has 0 saturated carbocycles. The first-order valence-electron chi connectivity index (χ1n) is 3.90. The van der Waals surface area contributed by atoms with Gasteiger partial charge in [0.2, 0.25) is 6.07 Å². The Morgan fingerprint density at radius 3 is 1.95 bits per heavy atom.